The van der Waals surface area contributed by atoms with Gasteiger partial charge in [-0.05, 0) is 42.0 Å². The van der Waals surface area contributed by atoms with Crippen molar-refractivity contribution < 1.29 is 14.3 Å². The minimum absolute atomic E-state index is 0.0122. The summed E-state index contributed by atoms with van der Waals surface area (Å²) in [4.78, 5) is 14.7. The molecule has 0 aliphatic carbocycles. The zero-order valence-electron chi connectivity index (χ0n) is 13.5. The van der Waals surface area contributed by atoms with Crippen molar-refractivity contribution in [2.75, 3.05) is 32.7 Å². The van der Waals surface area contributed by atoms with Crippen molar-refractivity contribution in [3.05, 3.63) is 59.2 Å². The largest absolute Gasteiger partial charge is 0.497 e. The molecule has 1 aliphatic rings. The maximum atomic E-state index is 12.7. The summed E-state index contributed by atoms with van der Waals surface area (Å²) in [5, 5.41) is 0. The zero-order valence-corrected chi connectivity index (χ0v) is 13.5. The van der Waals surface area contributed by atoms with Crippen LogP contribution < -0.4 is 14.4 Å². The molecule has 0 saturated carbocycles. The highest BCUT2D eigenvalue weighted by atomic mass is 16.5. The fourth-order valence-electron chi connectivity index (χ4n) is 2.51. The fraction of sp³-hybridized carbons (Fsp3) is 0.211. The summed E-state index contributed by atoms with van der Waals surface area (Å²) in [7, 11) is 5.57. The van der Waals surface area contributed by atoms with E-state index in [1.54, 1.807) is 25.3 Å². The van der Waals surface area contributed by atoms with Gasteiger partial charge < -0.3 is 14.4 Å². The van der Waals surface area contributed by atoms with Crippen LogP contribution in [0.2, 0.25) is 0 Å². The van der Waals surface area contributed by atoms with Crippen molar-refractivity contribution >= 4 is 17.5 Å². The Morgan fingerprint density at radius 3 is 2.52 bits per heavy atom. The van der Waals surface area contributed by atoms with E-state index >= 15 is 0 Å². The number of hydrogen-bond donors (Lipinski definition) is 0. The molecule has 0 bridgehead atoms. The second-order valence-electron chi connectivity index (χ2n) is 5.64. The Balaban J connectivity index is 1.90. The van der Waals surface area contributed by atoms with E-state index in [4.69, 9.17) is 9.47 Å². The highest BCUT2D eigenvalue weighted by molar-refractivity contribution is 6.14. The Morgan fingerprint density at radius 1 is 1.13 bits per heavy atom. The van der Waals surface area contributed by atoms with Crippen LogP contribution in [0.3, 0.4) is 0 Å². The van der Waals surface area contributed by atoms with Crippen molar-refractivity contribution in [1.29, 1.82) is 0 Å². The summed E-state index contributed by atoms with van der Waals surface area (Å²) in [5.74, 6) is 1.25. The first-order chi connectivity index (χ1) is 11.1. The van der Waals surface area contributed by atoms with E-state index < -0.39 is 0 Å². The summed E-state index contributed by atoms with van der Waals surface area (Å²) in [6.07, 6.45) is 1.88. The van der Waals surface area contributed by atoms with E-state index in [2.05, 4.69) is 0 Å². The predicted molar refractivity (Wildman–Crippen MR) is 91.6 cm³/mol. The van der Waals surface area contributed by atoms with Crippen LogP contribution in [0, 0.1) is 0 Å². The third-order valence-corrected chi connectivity index (χ3v) is 3.86. The second kappa shape index (κ2) is 6.16. The SMILES string of the molecule is COc1ccc2c(c1)C(=O)C(=Cc1ccc(N(C)C)cc1)CO2. The minimum atomic E-state index is -0.0122. The van der Waals surface area contributed by atoms with E-state index in [9.17, 15) is 4.79 Å². The Bertz CT molecular complexity index is 761. The number of carbonyl (C=O) groups excluding carboxylic acids is 1. The van der Waals surface area contributed by atoms with Crippen LogP contribution in [0.4, 0.5) is 5.69 Å². The van der Waals surface area contributed by atoms with Crippen LogP contribution in [-0.2, 0) is 0 Å². The van der Waals surface area contributed by atoms with Gasteiger partial charge in [0.2, 0.25) is 0 Å². The normalized spacial score (nSPS) is 15.1. The minimum Gasteiger partial charge on any atom is -0.497 e. The van der Waals surface area contributed by atoms with Gasteiger partial charge in [-0.2, -0.15) is 0 Å². The number of hydrogen-bond acceptors (Lipinski definition) is 4. The molecule has 0 aromatic heterocycles. The third kappa shape index (κ3) is 3.06. The monoisotopic (exact) mass is 309 g/mol. The van der Waals surface area contributed by atoms with Gasteiger partial charge in [-0.15, -0.1) is 0 Å². The predicted octanol–water partition coefficient (Wildman–Crippen LogP) is 3.42. The Kier molecular flexibility index (Phi) is 4.06. The van der Waals surface area contributed by atoms with Crippen LogP contribution in [0.5, 0.6) is 11.5 Å². The summed E-state index contributed by atoms with van der Waals surface area (Å²) in [6, 6.07) is 13.3. The molecule has 4 nitrogen and oxygen atoms in total. The number of rotatable bonds is 3. The van der Waals surface area contributed by atoms with E-state index in [1.807, 2.05) is 49.3 Å². The van der Waals surface area contributed by atoms with Crippen molar-refractivity contribution in [3.8, 4) is 11.5 Å². The number of anilines is 1. The van der Waals surface area contributed by atoms with Crippen LogP contribution in [0.15, 0.2) is 48.0 Å². The summed E-state index contributed by atoms with van der Waals surface area (Å²) in [5.41, 5.74) is 3.29. The van der Waals surface area contributed by atoms with Crippen LogP contribution in [0.25, 0.3) is 6.08 Å². The number of Topliss-reactive ketones (excluding diaryl/α,β-unsaturated/α-hetero) is 1. The van der Waals surface area contributed by atoms with Crippen molar-refractivity contribution in [2.45, 2.75) is 0 Å². The molecule has 3 rings (SSSR count). The Labute approximate surface area is 135 Å². The Morgan fingerprint density at radius 2 is 1.87 bits per heavy atom. The van der Waals surface area contributed by atoms with E-state index in [0.717, 1.165) is 11.3 Å². The van der Waals surface area contributed by atoms with Crippen LogP contribution in [0.1, 0.15) is 15.9 Å². The first-order valence-electron chi connectivity index (χ1n) is 7.42. The number of ether oxygens (including phenoxy) is 2. The van der Waals surface area contributed by atoms with Gasteiger partial charge in [0.1, 0.15) is 18.1 Å². The van der Waals surface area contributed by atoms with E-state index in [-0.39, 0.29) is 12.4 Å². The van der Waals surface area contributed by atoms with Crippen molar-refractivity contribution in [2.24, 2.45) is 0 Å². The van der Waals surface area contributed by atoms with Gasteiger partial charge in [-0.3, -0.25) is 4.79 Å². The van der Waals surface area contributed by atoms with Gasteiger partial charge >= 0.3 is 0 Å². The lowest BCUT2D eigenvalue weighted by molar-refractivity contribution is 0.100. The van der Waals surface area contributed by atoms with Gasteiger partial charge in [0.25, 0.3) is 0 Å². The Hall–Kier alpha value is -2.75. The maximum absolute atomic E-state index is 12.7. The van der Waals surface area contributed by atoms with Crippen molar-refractivity contribution in [3.63, 3.8) is 0 Å². The number of benzene rings is 2. The first kappa shape index (κ1) is 15.2. The second-order valence-corrected chi connectivity index (χ2v) is 5.64. The molecule has 0 saturated heterocycles. The highest BCUT2D eigenvalue weighted by Gasteiger charge is 2.23. The van der Waals surface area contributed by atoms with E-state index in [1.165, 1.54) is 0 Å². The van der Waals surface area contributed by atoms with E-state index in [0.29, 0.717) is 22.6 Å². The average Bonchev–Trinajstić information content (AvgIpc) is 2.57. The number of fused-ring (bicyclic) bond motifs is 1. The lowest BCUT2D eigenvalue weighted by Gasteiger charge is -2.19. The summed E-state index contributed by atoms with van der Waals surface area (Å²) < 4.78 is 10.9. The molecular weight excluding hydrogens is 290 g/mol. The van der Waals surface area contributed by atoms with Crippen LogP contribution in [-0.4, -0.2) is 33.6 Å². The lowest BCUT2D eigenvalue weighted by Crippen LogP contribution is -2.19. The molecule has 23 heavy (non-hydrogen) atoms. The number of carbonyl (C=O) groups is 1. The number of nitrogens with zero attached hydrogens (tertiary/aromatic N) is 1. The van der Waals surface area contributed by atoms with Gasteiger partial charge in [0, 0.05) is 25.4 Å². The molecule has 1 aliphatic heterocycles. The van der Waals surface area contributed by atoms with Crippen LogP contribution >= 0.6 is 0 Å². The molecule has 4 heteroatoms. The molecule has 0 spiro atoms. The molecule has 2 aromatic carbocycles. The highest BCUT2D eigenvalue weighted by Crippen LogP contribution is 2.31. The molecular formula is C19H19NO3. The van der Waals surface area contributed by atoms with Gasteiger partial charge in [-0.1, -0.05) is 12.1 Å². The summed E-state index contributed by atoms with van der Waals surface area (Å²) >= 11 is 0. The molecule has 118 valence electrons. The first-order valence-corrected chi connectivity index (χ1v) is 7.42. The molecule has 0 N–H and O–H groups in total. The fourth-order valence-corrected chi connectivity index (χ4v) is 2.51. The third-order valence-electron chi connectivity index (χ3n) is 3.86. The molecule has 0 amide bonds. The molecule has 0 fully saturated rings. The standard InChI is InChI=1S/C19H19NO3/c1-20(2)15-6-4-13(5-7-15)10-14-12-23-18-9-8-16(22-3)11-17(18)19(14)21/h4-11H,12H2,1-3H3. The number of ketones is 1. The quantitative estimate of drug-likeness (QED) is 0.814. The van der Waals surface area contributed by atoms with Gasteiger partial charge in [-0.25, -0.2) is 0 Å². The lowest BCUT2D eigenvalue weighted by atomic mass is 9.98. The average molecular weight is 309 g/mol. The molecule has 0 radical (unpaired) electrons. The number of methoxy groups -OCH3 is 1. The smallest absolute Gasteiger partial charge is 0.196 e. The molecule has 0 atom stereocenters. The zero-order chi connectivity index (χ0) is 16.4. The topological polar surface area (TPSA) is 38.8 Å². The maximum Gasteiger partial charge on any atom is 0.196 e. The van der Waals surface area contributed by atoms with Crippen molar-refractivity contribution in [1.82, 2.24) is 0 Å². The molecule has 0 unspecified atom stereocenters. The van der Waals surface area contributed by atoms with Gasteiger partial charge in [0.15, 0.2) is 5.78 Å². The van der Waals surface area contributed by atoms with Gasteiger partial charge in [0.05, 0.1) is 12.7 Å². The molecule has 1 heterocycles. The molecule has 2 aromatic rings. The summed E-state index contributed by atoms with van der Waals surface area (Å²) in [6.45, 7) is 0.285.